The Labute approximate surface area is 108 Å². The highest BCUT2D eigenvalue weighted by Crippen LogP contribution is 2.32. The molecule has 0 fully saturated rings. The number of carboxylic acids is 1. The van der Waals surface area contributed by atoms with Gasteiger partial charge in [-0.15, -0.1) is 11.3 Å². The van der Waals surface area contributed by atoms with E-state index in [4.69, 9.17) is 5.11 Å². The Balaban J connectivity index is 1.90. The Kier molecular flexibility index (Phi) is 2.71. The van der Waals surface area contributed by atoms with Crippen molar-refractivity contribution in [2.45, 2.75) is 19.3 Å². The summed E-state index contributed by atoms with van der Waals surface area (Å²) in [5.74, 6) is -0.991. The number of thiazole rings is 1. The van der Waals surface area contributed by atoms with Gasteiger partial charge in [0.05, 0.1) is 11.4 Å². The van der Waals surface area contributed by atoms with Crippen molar-refractivity contribution in [2.24, 2.45) is 0 Å². The van der Waals surface area contributed by atoms with E-state index in [1.54, 1.807) is 23.6 Å². The van der Waals surface area contributed by atoms with Gasteiger partial charge in [0, 0.05) is 17.3 Å². The Morgan fingerprint density at radius 2 is 2.33 bits per heavy atom. The molecule has 0 amide bonds. The molecule has 0 aliphatic heterocycles. The number of aromatic nitrogens is 2. The predicted molar refractivity (Wildman–Crippen MR) is 68.6 cm³/mol. The molecule has 0 unspecified atom stereocenters. The SMILES string of the molecule is O=C(O)c1cnccc1Nc1nc2c(s1)CCC2. The molecular weight excluding hydrogens is 250 g/mol. The van der Waals surface area contributed by atoms with E-state index >= 15 is 0 Å². The van der Waals surface area contributed by atoms with Crippen LogP contribution in [0.4, 0.5) is 10.8 Å². The maximum absolute atomic E-state index is 11.1. The molecule has 0 atom stereocenters. The fourth-order valence-corrected chi connectivity index (χ4v) is 3.10. The number of aryl methyl sites for hydroxylation is 2. The lowest BCUT2D eigenvalue weighted by molar-refractivity contribution is 0.0697. The van der Waals surface area contributed by atoms with Gasteiger partial charge < -0.3 is 10.4 Å². The number of carbonyl (C=O) groups is 1. The Hall–Kier alpha value is -1.95. The number of nitrogens with one attached hydrogen (secondary N) is 1. The summed E-state index contributed by atoms with van der Waals surface area (Å²) in [5.41, 5.74) is 1.84. The van der Waals surface area contributed by atoms with Crippen LogP contribution in [0.5, 0.6) is 0 Å². The molecule has 2 heterocycles. The monoisotopic (exact) mass is 261 g/mol. The van der Waals surface area contributed by atoms with E-state index in [9.17, 15) is 4.79 Å². The first-order valence-electron chi connectivity index (χ1n) is 5.67. The summed E-state index contributed by atoms with van der Waals surface area (Å²) in [6.45, 7) is 0. The molecule has 1 aliphatic rings. The van der Waals surface area contributed by atoms with E-state index in [1.807, 2.05) is 0 Å². The molecule has 0 spiro atoms. The highest BCUT2D eigenvalue weighted by atomic mass is 32.1. The first-order valence-corrected chi connectivity index (χ1v) is 6.48. The first kappa shape index (κ1) is 11.2. The summed E-state index contributed by atoms with van der Waals surface area (Å²) < 4.78 is 0. The summed E-state index contributed by atoms with van der Waals surface area (Å²) in [7, 11) is 0. The van der Waals surface area contributed by atoms with Crippen molar-refractivity contribution in [3.63, 3.8) is 0 Å². The van der Waals surface area contributed by atoms with Gasteiger partial charge in [-0.05, 0) is 25.3 Å². The molecule has 2 aromatic heterocycles. The molecule has 0 saturated heterocycles. The second-order valence-electron chi connectivity index (χ2n) is 4.09. The number of carboxylic acid groups (broad SMARTS) is 1. The topological polar surface area (TPSA) is 75.1 Å². The third-order valence-corrected chi connectivity index (χ3v) is 3.96. The third-order valence-electron chi connectivity index (χ3n) is 2.89. The number of hydrogen-bond acceptors (Lipinski definition) is 5. The zero-order chi connectivity index (χ0) is 12.5. The summed E-state index contributed by atoms with van der Waals surface area (Å²) in [6, 6.07) is 1.65. The molecule has 0 radical (unpaired) electrons. The van der Waals surface area contributed by atoms with Crippen molar-refractivity contribution in [3.05, 3.63) is 34.6 Å². The van der Waals surface area contributed by atoms with E-state index in [-0.39, 0.29) is 5.56 Å². The van der Waals surface area contributed by atoms with Crippen molar-refractivity contribution in [1.29, 1.82) is 0 Å². The van der Waals surface area contributed by atoms with Gasteiger partial charge in [0.1, 0.15) is 5.56 Å². The molecule has 92 valence electrons. The van der Waals surface area contributed by atoms with Gasteiger partial charge >= 0.3 is 5.97 Å². The Bertz CT molecular complexity index is 588. The summed E-state index contributed by atoms with van der Waals surface area (Å²) in [5, 5.41) is 12.9. The lowest BCUT2D eigenvalue weighted by atomic mass is 10.2. The van der Waals surface area contributed by atoms with Gasteiger partial charge in [0.2, 0.25) is 0 Å². The minimum atomic E-state index is -0.991. The van der Waals surface area contributed by atoms with E-state index in [1.165, 1.54) is 17.5 Å². The van der Waals surface area contributed by atoms with Gasteiger partial charge in [-0.1, -0.05) is 0 Å². The standard InChI is InChI=1S/C12H11N3O2S/c16-11(17)7-6-13-5-4-8(7)14-12-15-9-2-1-3-10(9)18-12/h4-6H,1-3H2,(H,16,17)(H,13,14,15). The lowest BCUT2D eigenvalue weighted by Crippen LogP contribution is -2.03. The first-order chi connectivity index (χ1) is 8.74. The quantitative estimate of drug-likeness (QED) is 0.887. The number of anilines is 2. The van der Waals surface area contributed by atoms with Crippen LogP contribution < -0.4 is 5.32 Å². The molecule has 0 saturated carbocycles. The summed E-state index contributed by atoms with van der Waals surface area (Å²) >= 11 is 1.60. The number of pyridine rings is 1. The summed E-state index contributed by atoms with van der Waals surface area (Å²) in [4.78, 5) is 20.7. The number of nitrogens with zero attached hydrogens (tertiary/aromatic N) is 2. The van der Waals surface area contributed by atoms with Crippen molar-refractivity contribution >= 4 is 28.1 Å². The van der Waals surface area contributed by atoms with Crippen LogP contribution in [0.25, 0.3) is 0 Å². The number of hydrogen-bond donors (Lipinski definition) is 2. The molecule has 2 aromatic rings. The van der Waals surface area contributed by atoms with Gasteiger partial charge in [-0.3, -0.25) is 4.98 Å². The van der Waals surface area contributed by atoms with E-state index in [2.05, 4.69) is 15.3 Å². The van der Waals surface area contributed by atoms with Gasteiger partial charge in [-0.25, -0.2) is 9.78 Å². The zero-order valence-electron chi connectivity index (χ0n) is 9.51. The smallest absolute Gasteiger partial charge is 0.339 e. The fourth-order valence-electron chi connectivity index (χ4n) is 2.03. The maximum atomic E-state index is 11.1. The van der Waals surface area contributed by atoms with Crippen LogP contribution in [0, 0.1) is 0 Å². The molecule has 2 N–H and O–H groups in total. The highest BCUT2D eigenvalue weighted by molar-refractivity contribution is 7.15. The summed E-state index contributed by atoms with van der Waals surface area (Å²) in [6.07, 6.45) is 6.18. The average molecular weight is 261 g/mol. The van der Waals surface area contributed by atoms with E-state index < -0.39 is 5.97 Å². The normalized spacial score (nSPS) is 13.3. The van der Waals surface area contributed by atoms with Crippen LogP contribution in [0.3, 0.4) is 0 Å². The van der Waals surface area contributed by atoms with Crippen molar-refractivity contribution < 1.29 is 9.90 Å². The van der Waals surface area contributed by atoms with E-state index in [0.29, 0.717) is 5.69 Å². The van der Waals surface area contributed by atoms with Crippen LogP contribution in [0.15, 0.2) is 18.5 Å². The van der Waals surface area contributed by atoms with Crippen molar-refractivity contribution in [1.82, 2.24) is 9.97 Å². The van der Waals surface area contributed by atoms with Crippen LogP contribution in [0.1, 0.15) is 27.3 Å². The zero-order valence-corrected chi connectivity index (χ0v) is 10.3. The number of fused-ring (bicyclic) bond motifs is 1. The third kappa shape index (κ3) is 1.95. The largest absolute Gasteiger partial charge is 0.478 e. The molecule has 5 nitrogen and oxygen atoms in total. The van der Waals surface area contributed by atoms with Crippen molar-refractivity contribution in [3.8, 4) is 0 Å². The van der Waals surface area contributed by atoms with Crippen LogP contribution in [0.2, 0.25) is 0 Å². The average Bonchev–Trinajstić information content (AvgIpc) is 2.90. The van der Waals surface area contributed by atoms with Gasteiger partial charge in [-0.2, -0.15) is 0 Å². The lowest BCUT2D eigenvalue weighted by Gasteiger charge is -2.05. The van der Waals surface area contributed by atoms with Crippen molar-refractivity contribution in [2.75, 3.05) is 5.32 Å². The van der Waals surface area contributed by atoms with Gasteiger partial charge in [0.15, 0.2) is 5.13 Å². The predicted octanol–water partition coefficient (Wildman–Crippen LogP) is 2.47. The Morgan fingerprint density at radius 1 is 1.44 bits per heavy atom. The molecule has 18 heavy (non-hydrogen) atoms. The molecular formula is C12H11N3O2S. The molecule has 6 heteroatoms. The second kappa shape index (κ2) is 4.38. The maximum Gasteiger partial charge on any atom is 0.339 e. The minimum Gasteiger partial charge on any atom is -0.478 e. The molecule has 0 aromatic carbocycles. The van der Waals surface area contributed by atoms with E-state index in [0.717, 1.165) is 23.7 Å². The van der Waals surface area contributed by atoms with Gasteiger partial charge in [0.25, 0.3) is 0 Å². The molecule has 3 rings (SSSR count). The fraction of sp³-hybridized carbons (Fsp3) is 0.250. The number of aromatic carboxylic acids is 1. The van der Waals surface area contributed by atoms with Crippen LogP contribution >= 0.6 is 11.3 Å². The van der Waals surface area contributed by atoms with Crippen LogP contribution in [-0.2, 0) is 12.8 Å². The molecule has 0 bridgehead atoms. The minimum absolute atomic E-state index is 0.160. The Morgan fingerprint density at radius 3 is 3.11 bits per heavy atom. The highest BCUT2D eigenvalue weighted by Gasteiger charge is 2.18. The van der Waals surface area contributed by atoms with Crippen LogP contribution in [-0.4, -0.2) is 21.0 Å². The second-order valence-corrected chi connectivity index (χ2v) is 5.18. The number of rotatable bonds is 3. The molecule has 1 aliphatic carbocycles.